The van der Waals surface area contributed by atoms with E-state index in [1.54, 1.807) is 19.2 Å². The molecule has 0 saturated heterocycles. The molecule has 22 heavy (non-hydrogen) atoms. The van der Waals surface area contributed by atoms with Crippen molar-refractivity contribution in [2.45, 2.75) is 19.1 Å². The molecule has 6 heteroatoms. The van der Waals surface area contributed by atoms with Crippen LogP contribution in [0.3, 0.4) is 0 Å². The Morgan fingerprint density at radius 3 is 2.50 bits per heavy atom. The molecule has 0 aliphatic carbocycles. The number of carbonyl (C=O) groups excluding carboxylic acids is 1. The number of carboxylic acid groups (broad SMARTS) is 1. The topological polar surface area (TPSA) is 66.8 Å². The van der Waals surface area contributed by atoms with E-state index >= 15 is 0 Å². The van der Waals surface area contributed by atoms with Gasteiger partial charge in [-0.05, 0) is 41.2 Å². The van der Waals surface area contributed by atoms with Gasteiger partial charge in [-0.15, -0.1) is 11.8 Å². The van der Waals surface area contributed by atoms with Crippen molar-refractivity contribution >= 4 is 29.3 Å². The number of hydrogen-bond donors (Lipinski definition) is 1. The number of hydrogen-bond acceptors (Lipinski definition) is 4. The van der Waals surface area contributed by atoms with E-state index in [9.17, 15) is 9.59 Å². The highest BCUT2D eigenvalue weighted by molar-refractivity contribution is 8.03. The lowest BCUT2D eigenvalue weighted by Crippen LogP contribution is -2.43. The second-order valence-electron chi connectivity index (χ2n) is 5.35. The Hall–Kier alpha value is -1.95. The highest BCUT2D eigenvalue weighted by atomic mass is 32.2. The molecule has 0 spiro atoms. The minimum Gasteiger partial charge on any atom is -0.497 e. The third kappa shape index (κ3) is 3.44. The summed E-state index contributed by atoms with van der Waals surface area (Å²) in [6.07, 6.45) is 0. The van der Waals surface area contributed by atoms with Crippen LogP contribution in [0, 0.1) is 5.92 Å². The minimum atomic E-state index is -1.03. The molecule has 1 heterocycles. The van der Waals surface area contributed by atoms with Gasteiger partial charge in [0.1, 0.15) is 12.3 Å². The first kappa shape index (κ1) is 16.4. The van der Waals surface area contributed by atoms with Gasteiger partial charge in [0.25, 0.3) is 0 Å². The van der Waals surface area contributed by atoms with Gasteiger partial charge in [-0.25, -0.2) is 0 Å². The molecule has 1 N–H and O–H groups in total. The van der Waals surface area contributed by atoms with Gasteiger partial charge >= 0.3 is 5.97 Å². The average molecular weight is 321 g/mol. The van der Waals surface area contributed by atoms with Crippen molar-refractivity contribution in [2.24, 2.45) is 5.92 Å². The number of aliphatic carboxylic acids is 1. The van der Waals surface area contributed by atoms with Crippen LogP contribution in [0.2, 0.25) is 0 Å². The van der Waals surface area contributed by atoms with Crippen LogP contribution in [-0.2, 0) is 9.59 Å². The molecule has 1 unspecified atom stereocenters. The number of nitrogens with zero attached hydrogens (tertiary/aromatic N) is 1. The molecule has 1 aromatic rings. The van der Waals surface area contributed by atoms with E-state index in [0.717, 1.165) is 5.56 Å². The number of amides is 1. The number of carboxylic acids is 1. The summed E-state index contributed by atoms with van der Waals surface area (Å²) < 4.78 is 5.12. The molecule has 0 radical (unpaired) electrons. The molecular weight excluding hydrogens is 302 g/mol. The fourth-order valence-corrected chi connectivity index (χ4v) is 3.35. The van der Waals surface area contributed by atoms with E-state index in [4.69, 9.17) is 9.84 Å². The van der Waals surface area contributed by atoms with Gasteiger partial charge in [-0.1, -0.05) is 13.8 Å². The number of carbonyl (C=O) groups is 2. The first-order valence-electron chi connectivity index (χ1n) is 6.97. The van der Waals surface area contributed by atoms with Crippen molar-refractivity contribution in [1.29, 1.82) is 0 Å². The summed E-state index contributed by atoms with van der Waals surface area (Å²) in [5, 5.41) is 10.7. The molecule has 1 aromatic carbocycles. The van der Waals surface area contributed by atoms with Crippen molar-refractivity contribution in [3.63, 3.8) is 0 Å². The van der Waals surface area contributed by atoms with Crippen molar-refractivity contribution < 1.29 is 19.4 Å². The van der Waals surface area contributed by atoms with Crippen molar-refractivity contribution in [1.82, 2.24) is 4.90 Å². The van der Waals surface area contributed by atoms with Gasteiger partial charge in [0, 0.05) is 0 Å². The zero-order valence-corrected chi connectivity index (χ0v) is 13.6. The minimum absolute atomic E-state index is 0.141. The van der Waals surface area contributed by atoms with E-state index in [-0.39, 0.29) is 23.6 Å². The van der Waals surface area contributed by atoms with E-state index in [1.165, 1.54) is 16.7 Å². The van der Waals surface area contributed by atoms with Crippen LogP contribution in [-0.4, -0.2) is 40.8 Å². The van der Waals surface area contributed by atoms with E-state index < -0.39 is 5.97 Å². The average Bonchev–Trinajstić information content (AvgIpc) is 2.48. The van der Waals surface area contributed by atoms with Gasteiger partial charge in [0.2, 0.25) is 5.91 Å². The van der Waals surface area contributed by atoms with Crippen LogP contribution in [0.25, 0.3) is 5.70 Å². The van der Waals surface area contributed by atoms with Crippen molar-refractivity contribution in [3.05, 3.63) is 35.2 Å². The second-order valence-corrected chi connectivity index (χ2v) is 6.37. The normalized spacial score (nSPS) is 18.4. The summed E-state index contributed by atoms with van der Waals surface area (Å²) in [7, 11) is 1.58. The van der Waals surface area contributed by atoms with Crippen LogP contribution in [0.5, 0.6) is 5.75 Å². The Labute approximate surface area is 133 Å². The SMILES string of the molecule is COc1ccc(C2=CSC(C(C)C)C(=O)N2CC(=O)O)cc1. The van der Waals surface area contributed by atoms with Crippen LogP contribution in [0.1, 0.15) is 19.4 Å². The van der Waals surface area contributed by atoms with Crippen LogP contribution in [0.4, 0.5) is 0 Å². The molecule has 5 nitrogen and oxygen atoms in total. The molecule has 2 rings (SSSR count). The van der Waals surface area contributed by atoms with Gasteiger partial charge in [-0.3, -0.25) is 14.5 Å². The molecule has 1 aliphatic heterocycles. The lowest BCUT2D eigenvalue weighted by molar-refractivity contribution is -0.142. The molecule has 1 atom stereocenters. The Morgan fingerprint density at radius 2 is 2.00 bits per heavy atom. The highest BCUT2D eigenvalue weighted by Crippen LogP contribution is 2.35. The summed E-state index contributed by atoms with van der Waals surface area (Å²) in [6, 6.07) is 7.23. The maximum atomic E-state index is 12.6. The maximum absolute atomic E-state index is 12.6. The summed E-state index contributed by atoms with van der Waals surface area (Å²) in [5.74, 6) is -0.329. The Balaban J connectivity index is 2.37. The van der Waals surface area contributed by atoms with Crippen molar-refractivity contribution in [2.75, 3.05) is 13.7 Å². The molecule has 0 bridgehead atoms. The smallest absolute Gasteiger partial charge is 0.323 e. The van der Waals surface area contributed by atoms with Gasteiger partial charge < -0.3 is 9.84 Å². The van der Waals surface area contributed by atoms with Crippen molar-refractivity contribution in [3.8, 4) is 5.75 Å². The van der Waals surface area contributed by atoms with Crippen LogP contribution >= 0.6 is 11.8 Å². The van der Waals surface area contributed by atoms with Gasteiger partial charge in [0.05, 0.1) is 18.1 Å². The van der Waals surface area contributed by atoms with E-state index in [2.05, 4.69) is 0 Å². The predicted octanol–water partition coefficient (Wildman–Crippen LogP) is 2.68. The second kappa shape index (κ2) is 6.87. The number of thioether (sulfide) groups is 1. The Bertz CT molecular complexity index is 595. The maximum Gasteiger partial charge on any atom is 0.323 e. The Morgan fingerprint density at radius 1 is 1.36 bits per heavy atom. The fraction of sp³-hybridized carbons (Fsp3) is 0.375. The monoisotopic (exact) mass is 321 g/mol. The van der Waals surface area contributed by atoms with Crippen LogP contribution in [0.15, 0.2) is 29.7 Å². The van der Waals surface area contributed by atoms with Gasteiger partial charge in [0.15, 0.2) is 0 Å². The van der Waals surface area contributed by atoms with Gasteiger partial charge in [-0.2, -0.15) is 0 Å². The summed E-state index contributed by atoms with van der Waals surface area (Å²) in [4.78, 5) is 25.1. The van der Waals surface area contributed by atoms with Crippen LogP contribution < -0.4 is 4.74 Å². The molecule has 0 fully saturated rings. The number of rotatable bonds is 5. The standard InChI is InChI=1S/C16H19NO4S/c1-10(2)15-16(20)17(8-14(18)19)13(9-22-15)11-4-6-12(21-3)7-5-11/h4-7,9-10,15H,8H2,1-3H3,(H,18,19). The number of methoxy groups -OCH3 is 1. The third-order valence-electron chi connectivity index (χ3n) is 3.41. The first-order valence-corrected chi connectivity index (χ1v) is 7.91. The number of ether oxygens (including phenoxy) is 1. The largest absolute Gasteiger partial charge is 0.497 e. The summed E-state index contributed by atoms with van der Waals surface area (Å²) >= 11 is 1.45. The highest BCUT2D eigenvalue weighted by Gasteiger charge is 2.34. The van der Waals surface area contributed by atoms with E-state index in [0.29, 0.717) is 11.4 Å². The third-order valence-corrected chi connectivity index (χ3v) is 4.81. The van der Waals surface area contributed by atoms with E-state index in [1.807, 2.05) is 31.4 Å². The zero-order chi connectivity index (χ0) is 16.3. The molecule has 1 aliphatic rings. The molecule has 118 valence electrons. The zero-order valence-electron chi connectivity index (χ0n) is 12.8. The number of benzene rings is 1. The summed E-state index contributed by atoms with van der Waals surface area (Å²) in [5.41, 5.74) is 1.42. The summed E-state index contributed by atoms with van der Waals surface area (Å²) in [6.45, 7) is 3.59. The molecule has 1 amide bonds. The lowest BCUT2D eigenvalue weighted by Gasteiger charge is -2.33. The first-order chi connectivity index (χ1) is 10.4. The molecule has 0 saturated carbocycles. The predicted molar refractivity (Wildman–Crippen MR) is 86.5 cm³/mol. The Kier molecular flexibility index (Phi) is 5.13. The fourth-order valence-electron chi connectivity index (χ4n) is 2.26. The quantitative estimate of drug-likeness (QED) is 0.903. The molecular formula is C16H19NO4S. The lowest BCUT2D eigenvalue weighted by atomic mass is 10.1. The molecule has 0 aromatic heterocycles.